The summed E-state index contributed by atoms with van der Waals surface area (Å²) in [7, 11) is 1.57. The maximum absolute atomic E-state index is 13.7. The normalized spacial score (nSPS) is 12.9. The van der Waals surface area contributed by atoms with Crippen molar-refractivity contribution in [3.63, 3.8) is 0 Å². The number of fused-ring (bicyclic) bond motifs is 1. The van der Waals surface area contributed by atoms with Gasteiger partial charge in [0.05, 0.1) is 19.4 Å². The predicted octanol–water partition coefficient (Wildman–Crippen LogP) is 3.86. The van der Waals surface area contributed by atoms with E-state index in [0.29, 0.717) is 47.0 Å². The number of methoxy groups -OCH3 is 1. The monoisotopic (exact) mass is 476 g/mol. The quantitative estimate of drug-likeness (QED) is 0.520. The summed E-state index contributed by atoms with van der Waals surface area (Å²) < 4.78 is 11.9. The zero-order chi connectivity index (χ0) is 25.1. The molecule has 3 aromatic rings. The van der Waals surface area contributed by atoms with Gasteiger partial charge in [-0.1, -0.05) is 13.8 Å². The second-order valence-corrected chi connectivity index (χ2v) is 8.40. The Kier molecular flexibility index (Phi) is 6.86. The maximum atomic E-state index is 13.7. The molecule has 1 aromatic heterocycles. The molecule has 35 heavy (non-hydrogen) atoms. The van der Waals surface area contributed by atoms with Crippen molar-refractivity contribution in [2.45, 2.75) is 27.2 Å². The molecule has 0 unspecified atom stereocenters. The van der Waals surface area contributed by atoms with E-state index in [9.17, 15) is 14.4 Å². The summed E-state index contributed by atoms with van der Waals surface area (Å²) in [6, 6.07) is 14.2. The number of carbonyl (C=O) groups excluding carboxylic acids is 3. The van der Waals surface area contributed by atoms with Crippen LogP contribution in [0.4, 0.5) is 11.4 Å². The summed E-state index contributed by atoms with van der Waals surface area (Å²) in [5, 5.41) is 7.33. The Morgan fingerprint density at radius 1 is 1.06 bits per heavy atom. The zero-order valence-corrected chi connectivity index (χ0v) is 20.2. The van der Waals surface area contributed by atoms with E-state index in [2.05, 4.69) is 10.4 Å². The van der Waals surface area contributed by atoms with Crippen LogP contribution in [-0.4, -0.2) is 47.8 Å². The fraction of sp³-hybridized carbons (Fsp3) is 0.308. The summed E-state index contributed by atoms with van der Waals surface area (Å²) >= 11 is 0. The fourth-order valence-electron chi connectivity index (χ4n) is 3.89. The van der Waals surface area contributed by atoms with Gasteiger partial charge in [-0.3, -0.25) is 9.59 Å². The number of nitrogens with zero attached hydrogens (tertiary/aromatic N) is 3. The number of rotatable bonds is 7. The summed E-state index contributed by atoms with van der Waals surface area (Å²) in [6.07, 6.45) is 0.442. The van der Waals surface area contributed by atoms with Gasteiger partial charge in [0.1, 0.15) is 11.4 Å². The van der Waals surface area contributed by atoms with Crippen molar-refractivity contribution < 1.29 is 23.9 Å². The zero-order valence-electron chi connectivity index (χ0n) is 20.2. The molecule has 0 bridgehead atoms. The molecule has 4 rings (SSSR count). The number of amides is 2. The maximum Gasteiger partial charge on any atom is 0.359 e. The Balaban J connectivity index is 1.70. The minimum Gasteiger partial charge on any atom is -0.497 e. The van der Waals surface area contributed by atoms with Crippen LogP contribution in [0, 0.1) is 5.92 Å². The van der Waals surface area contributed by atoms with Crippen LogP contribution < -0.4 is 15.0 Å². The number of carbonyl (C=O) groups is 3. The standard InChI is InChI=1S/C26H28N4O5/c1-5-35-26(33)22-21-14-15-29(18-8-6-17(7-9-18)27-24(31)16(2)3)25(32)23(21)30(28-22)19-10-12-20(34-4)13-11-19/h6-13,16H,5,14-15H2,1-4H3,(H,27,31). The second-order valence-electron chi connectivity index (χ2n) is 8.40. The molecule has 1 aliphatic heterocycles. The van der Waals surface area contributed by atoms with Crippen molar-refractivity contribution in [1.82, 2.24) is 9.78 Å². The number of aromatic nitrogens is 2. The molecule has 0 spiro atoms. The van der Waals surface area contributed by atoms with Crippen molar-refractivity contribution in [2.75, 3.05) is 30.5 Å². The van der Waals surface area contributed by atoms with Crippen molar-refractivity contribution in [3.05, 3.63) is 65.5 Å². The molecule has 0 fully saturated rings. The van der Waals surface area contributed by atoms with E-state index in [1.165, 1.54) is 4.68 Å². The van der Waals surface area contributed by atoms with Crippen LogP contribution in [0.15, 0.2) is 48.5 Å². The highest BCUT2D eigenvalue weighted by molar-refractivity contribution is 6.09. The first-order valence-corrected chi connectivity index (χ1v) is 11.5. The average molecular weight is 477 g/mol. The van der Waals surface area contributed by atoms with Crippen molar-refractivity contribution in [2.24, 2.45) is 5.92 Å². The van der Waals surface area contributed by atoms with E-state index in [1.54, 1.807) is 67.5 Å². The number of anilines is 2. The van der Waals surface area contributed by atoms with E-state index in [0.717, 1.165) is 0 Å². The molecule has 1 aliphatic rings. The first-order valence-electron chi connectivity index (χ1n) is 11.5. The number of hydrogen-bond acceptors (Lipinski definition) is 6. The molecule has 0 saturated carbocycles. The van der Waals surface area contributed by atoms with Gasteiger partial charge in [-0.2, -0.15) is 5.10 Å². The van der Waals surface area contributed by atoms with Crippen LogP contribution in [0.25, 0.3) is 5.69 Å². The lowest BCUT2D eigenvalue weighted by atomic mass is 10.0. The summed E-state index contributed by atoms with van der Waals surface area (Å²) in [5.74, 6) is -0.375. The Labute approximate surface area is 203 Å². The first-order chi connectivity index (χ1) is 16.8. The van der Waals surface area contributed by atoms with Gasteiger partial charge in [-0.05, 0) is 61.9 Å². The number of esters is 1. The van der Waals surface area contributed by atoms with Gasteiger partial charge in [-0.25, -0.2) is 9.48 Å². The Morgan fingerprint density at radius 3 is 2.31 bits per heavy atom. The highest BCUT2D eigenvalue weighted by Gasteiger charge is 2.35. The number of benzene rings is 2. The molecule has 2 amide bonds. The van der Waals surface area contributed by atoms with Crippen LogP contribution >= 0.6 is 0 Å². The Bertz CT molecular complexity index is 1250. The Hall–Kier alpha value is -4.14. The molecule has 2 heterocycles. The highest BCUT2D eigenvalue weighted by atomic mass is 16.5. The van der Waals surface area contributed by atoms with Gasteiger partial charge in [0, 0.05) is 29.4 Å². The molecule has 2 aromatic carbocycles. The molecular formula is C26H28N4O5. The van der Waals surface area contributed by atoms with Crippen molar-refractivity contribution in [3.8, 4) is 11.4 Å². The van der Waals surface area contributed by atoms with Crippen LogP contribution in [0.3, 0.4) is 0 Å². The van der Waals surface area contributed by atoms with Gasteiger partial charge in [-0.15, -0.1) is 0 Å². The third kappa shape index (κ3) is 4.75. The van der Waals surface area contributed by atoms with E-state index in [-0.39, 0.29) is 30.0 Å². The van der Waals surface area contributed by atoms with Gasteiger partial charge in [0.2, 0.25) is 5.91 Å². The second kappa shape index (κ2) is 10.0. The summed E-state index contributed by atoms with van der Waals surface area (Å²) in [4.78, 5) is 39.9. The minimum atomic E-state index is -0.553. The summed E-state index contributed by atoms with van der Waals surface area (Å²) in [5.41, 5.74) is 3.01. The number of ether oxygens (including phenoxy) is 2. The predicted molar refractivity (Wildman–Crippen MR) is 131 cm³/mol. The van der Waals surface area contributed by atoms with E-state index >= 15 is 0 Å². The van der Waals surface area contributed by atoms with E-state index < -0.39 is 5.97 Å². The molecule has 9 nitrogen and oxygen atoms in total. The smallest absolute Gasteiger partial charge is 0.359 e. The van der Waals surface area contributed by atoms with Crippen LogP contribution in [0.1, 0.15) is 47.3 Å². The van der Waals surface area contributed by atoms with Gasteiger partial charge in [0.25, 0.3) is 5.91 Å². The van der Waals surface area contributed by atoms with Crippen LogP contribution in [0.2, 0.25) is 0 Å². The third-order valence-electron chi connectivity index (χ3n) is 5.77. The molecular weight excluding hydrogens is 448 g/mol. The van der Waals surface area contributed by atoms with Gasteiger partial charge < -0.3 is 19.7 Å². The van der Waals surface area contributed by atoms with Crippen molar-refractivity contribution in [1.29, 1.82) is 0 Å². The lowest BCUT2D eigenvalue weighted by molar-refractivity contribution is -0.118. The summed E-state index contributed by atoms with van der Waals surface area (Å²) in [6.45, 7) is 5.96. The molecule has 0 aliphatic carbocycles. The van der Waals surface area contributed by atoms with E-state index in [4.69, 9.17) is 9.47 Å². The topological polar surface area (TPSA) is 103 Å². The average Bonchev–Trinajstić information content (AvgIpc) is 3.26. The van der Waals surface area contributed by atoms with Gasteiger partial charge >= 0.3 is 5.97 Å². The lowest BCUT2D eigenvalue weighted by Gasteiger charge is -2.28. The minimum absolute atomic E-state index is 0.0775. The molecule has 0 radical (unpaired) electrons. The van der Waals surface area contributed by atoms with Gasteiger partial charge in [0.15, 0.2) is 5.69 Å². The third-order valence-corrected chi connectivity index (χ3v) is 5.77. The molecule has 9 heteroatoms. The largest absolute Gasteiger partial charge is 0.497 e. The SMILES string of the molecule is CCOC(=O)c1nn(-c2ccc(OC)cc2)c2c1CCN(c1ccc(NC(=O)C(C)C)cc1)C2=O. The number of nitrogens with one attached hydrogen (secondary N) is 1. The molecule has 1 N–H and O–H groups in total. The van der Waals surface area contributed by atoms with Crippen molar-refractivity contribution >= 4 is 29.2 Å². The first kappa shape index (κ1) is 24.0. The molecule has 0 saturated heterocycles. The fourth-order valence-corrected chi connectivity index (χ4v) is 3.89. The number of hydrogen-bond donors (Lipinski definition) is 1. The molecule has 182 valence electrons. The van der Waals surface area contributed by atoms with Crippen LogP contribution in [-0.2, 0) is 16.0 Å². The lowest BCUT2D eigenvalue weighted by Crippen LogP contribution is -2.39. The van der Waals surface area contributed by atoms with Crippen LogP contribution in [0.5, 0.6) is 5.75 Å². The Morgan fingerprint density at radius 2 is 1.71 bits per heavy atom. The molecule has 0 atom stereocenters. The highest BCUT2D eigenvalue weighted by Crippen LogP contribution is 2.30. The van der Waals surface area contributed by atoms with E-state index in [1.807, 2.05) is 13.8 Å².